The molecule has 1 heterocycles. The van der Waals surface area contributed by atoms with Gasteiger partial charge in [-0.05, 0) is 74.2 Å². The first kappa shape index (κ1) is 25.2. The molecular weight excluding hydrogens is 445 g/mol. The van der Waals surface area contributed by atoms with Gasteiger partial charge in [0.25, 0.3) is 0 Å². The van der Waals surface area contributed by atoms with Crippen LogP contribution < -0.4 is 0 Å². The zero-order chi connectivity index (χ0) is 25.0. The summed E-state index contributed by atoms with van der Waals surface area (Å²) >= 11 is 0. The number of halogens is 1. The number of aryl methyl sites for hydroxylation is 2. The molecule has 1 aromatic heterocycles. The van der Waals surface area contributed by atoms with E-state index >= 15 is 0 Å². The van der Waals surface area contributed by atoms with Crippen molar-refractivity contribution in [3.63, 3.8) is 0 Å². The van der Waals surface area contributed by atoms with E-state index in [4.69, 9.17) is 9.47 Å². The molecule has 0 saturated carbocycles. The fraction of sp³-hybridized carbons (Fsp3) is 0.500. The number of fused-ring (bicyclic) bond motifs is 2. The SMILES string of the molecule is COC(=O)O[C@]1(CCN(C)CCCc2nc3ccccc3[nH]2)CCc2cc(F)ccc2[C@@H]1C(C)C. The average molecular weight is 482 g/mol. The second kappa shape index (κ2) is 10.8. The van der Waals surface area contributed by atoms with Crippen LogP contribution in [-0.2, 0) is 22.3 Å². The molecular formula is C28H36FN3O3. The van der Waals surface area contributed by atoms with Gasteiger partial charge in [-0.15, -0.1) is 0 Å². The Morgan fingerprint density at radius 2 is 2.06 bits per heavy atom. The highest BCUT2D eigenvalue weighted by molar-refractivity contribution is 5.74. The van der Waals surface area contributed by atoms with Gasteiger partial charge < -0.3 is 19.4 Å². The molecule has 188 valence electrons. The molecule has 0 amide bonds. The van der Waals surface area contributed by atoms with Crippen LogP contribution in [0.15, 0.2) is 42.5 Å². The number of nitrogens with one attached hydrogen (secondary N) is 1. The van der Waals surface area contributed by atoms with Crippen LogP contribution in [0, 0.1) is 11.7 Å². The van der Waals surface area contributed by atoms with Gasteiger partial charge in [0, 0.05) is 25.3 Å². The number of nitrogens with zero attached hydrogens (tertiary/aromatic N) is 2. The molecule has 0 bridgehead atoms. The molecule has 0 fully saturated rings. The van der Waals surface area contributed by atoms with Gasteiger partial charge in [-0.1, -0.05) is 32.0 Å². The number of carbonyl (C=O) groups excluding carboxylic acids is 1. The van der Waals surface area contributed by atoms with E-state index in [0.717, 1.165) is 53.9 Å². The summed E-state index contributed by atoms with van der Waals surface area (Å²) in [6, 6.07) is 13.1. The highest BCUT2D eigenvalue weighted by Gasteiger charge is 2.48. The quantitative estimate of drug-likeness (QED) is 0.388. The summed E-state index contributed by atoms with van der Waals surface area (Å²) in [6.45, 7) is 5.95. The topological polar surface area (TPSA) is 67.5 Å². The zero-order valence-corrected chi connectivity index (χ0v) is 21.1. The molecule has 0 unspecified atom stereocenters. The Kier molecular flexibility index (Phi) is 7.75. The highest BCUT2D eigenvalue weighted by Crippen LogP contribution is 2.48. The van der Waals surface area contributed by atoms with Crippen molar-refractivity contribution in [2.45, 2.75) is 57.5 Å². The van der Waals surface area contributed by atoms with Crippen molar-refractivity contribution in [2.24, 2.45) is 5.92 Å². The second-order valence-electron chi connectivity index (χ2n) is 10.0. The number of carbonyl (C=O) groups is 1. The molecule has 4 rings (SSSR count). The molecule has 35 heavy (non-hydrogen) atoms. The minimum atomic E-state index is -0.695. The first-order valence-electron chi connectivity index (χ1n) is 12.5. The van der Waals surface area contributed by atoms with Crippen LogP contribution in [0.25, 0.3) is 11.0 Å². The lowest BCUT2D eigenvalue weighted by molar-refractivity contribution is -0.0703. The fourth-order valence-electron chi connectivity index (χ4n) is 5.63. The van der Waals surface area contributed by atoms with Crippen molar-refractivity contribution >= 4 is 17.2 Å². The molecule has 0 spiro atoms. The van der Waals surface area contributed by atoms with Gasteiger partial charge >= 0.3 is 6.16 Å². The first-order chi connectivity index (χ1) is 16.8. The predicted octanol–water partition coefficient (Wildman–Crippen LogP) is 5.86. The predicted molar refractivity (Wildman–Crippen MR) is 135 cm³/mol. The first-order valence-corrected chi connectivity index (χ1v) is 12.5. The van der Waals surface area contributed by atoms with Gasteiger partial charge in [-0.2, -0.15) is 0 Å². The average Bonchev–Trinajstić information content (AvgIpc) is 3.25. The maximum absolute atomic E-state index is 13.9. The Morgan fingerprint density at radius 3 is 2.80 bits per heavy atom. The number of hydrogen-bond acceptors (Lipinski definition) is 5. The summed E-state index contributed by atoms with van der Waals surface area (Å²) < 4.78 is 24.9. The van der Waals surface area contributed by atoms with Gasteiger partial charge in [-0.25, -0.2) is 14.2 Å². The smallest absolute Gasteiger partial charge is 0.438 e. The number of imidazole rings is 1. The van der Waals surface area contributed by atoms with E-state index < -0.39 is 11.8 Å². The van der Waals surface area contributed by atoms with E-state index in [-0.39, 0.29) is 17.7 Å². The van der Waals surface area contributed by atoms with E-state index in [2.05, 4.69) is 35.8 Å². The number of para-hydroxylation sites is 2. The molecule has 2 atom stereocenters. The van der Waals surface area contributed by atoms with Gasteiger partial charge in [0.2, 0.25) is 0 Å². The third-order valence-electron chi connectivity index (χ3n) is 7.25. The lowest BCUT2D eigenvalue weighted by Crippen LogP contribution is -2.48. The molecule has 0 aliphatic heterocycles. The van der Waals surface area contributed by atoms with Crippen LogP contribution in [0.2, 0.25) is 0 Å². The van der Waals surface area contributed by atoms with E-state index in [1.54, 1.807) is 6.07 Å². The summed E-state index contributed by atoms with van der Waals surface area (Å²) in [5.74, 6) is 0.954. The number of H-pyrrole nitrogens is 1. The minimum Gasteiger partial charge on any atom is -0.438 e. The minimum absolute atomic E-state index is 0.0325. The van der Waals surface area contributed by atoms with Crippen molar-refractivity contribution in [3.05, 3.63) is 65.2 Å². The monoisotopic (exact) mass is 481 g/mol. The Bertz CT molecular complexity index is 1130. The van der Waals surface area contributed by atoms with Gasteiger partial charge in [-0.3, -0.25) is 0 Å². The van der Waals surface area contributed by atoms with Gasteiger partial charge in [0.05, 0.1) is 18.1 Å². The summed E-state index contributed by atoms with van der Waals surface area (Å²) in [5, 5.41) is 0. The molecule has 6 nitrogen and oxygen atoms in total. The summed E-state index contributed by atoms with van der Waals surface area (Å²) in [7, 11) is 3.44. The van der Waals surface area contributed by atoms with E-state index in [1.807, 2.05) is 30.3 Å². The molecule has 1 N–H and O–H groups in total. The van der Waals surface area contributed by atoms with Crippen molar-refractivity contribution in [1.29, 1.82) is 0 Å². The van der Waals surface area contributed by atoms with Crippen molar-refractivity contribution in [1.82, 2.24) is 14.9 Å². The maximum atomic E-state index is 13.9. The van der Waals surface area contributed by atoms with Crippen LogP contribution in [-0.4, -0.2) is 53.9 Å². The lowest BCUT2D eigenvalue weighted by Gasteiger charge is -2.46. The lowest BCUT2D eigenvalue weighted by atomic mass is 9.65. The number of methoxy groups -OCH3 is 1. The summed E-state index contributed by atoms with van der Waals surface area (Å²) in [4.78, 5) is 22.7. The molecule has 0 radical (unpaired) electrons. The molecule has 0 saturated heterocycles. The number of ether oxygens (including phenoxy) is 2. The van der Waals surface area contributed by atoms with Crippen molar-refractivity contribution in [3.8, 4) is 0 Å². The van der Waals surface area contributed by atoms with Crippen molar-refractivity contribution < 1.29 is 18.7 Å². The standard InChI is InChI=1S/C28H36FN3O3/c1-19(2)26-22-12-11-21(29)18-20(22)13-14-28(26,35-27(33)34-4)15-17-32(3)16-7-10-25-30-23-8-5-6-9-24(23)31-25/h5-6,8-9,11-12,18-19,26H,7,10,13-17H2,1-4H3,(H,30,31)/t26-,28-/m0/s1. The molecule has 1 aliphatic carbocycles. The molecule has 1 aliphatic rings. The third kappa shape index (κ3) is 5.67. The number of benzene rings is 2. The molecule has 2 aromatic carbocycles. The summed E-state index contributed by atoms with van der Waals surface area (Å²) in [5.41, 5.74) is 3.44. The molecule has 7 heteroatoms. The zero-order valence-electron chi connectivity index (χ0n) is 21.1. The Labute approximate surface area is 206 Å². The Hall–Kier alpha value is -2.93. The van der Waals surface area contributed by atoms with E-state index in [1.165, 1.54) is 13.2 Å². The van der Waals surface area contributed by atoms with E-state index in [9.17, 15) is 9.18 Å². The number of hydrogen-bond donors (Lipinski definition) is 1. The Balaban J connectivity index is 1.43. The number of rotatable bonds is 9. The van der Waals surface area contributed by atoms with E-state index in [0.29, 0.717) is 19.3 Å². The van der Waals surface area contributed by atoms with Crippen LogP contribution in [0.1, 0.15) is 56.0 Å². The maximum Gasteiger partial charge on any atom is 0.508 e. The number of aromatic amines is 1. The van der Waals surface area contributed by atoms with Crippen LogP contribution >= 0.6 is 0 Å². The van der Waals surface area contributed by atoms with Crippen molar-refractivity contribution in [2.75, 3.05) is 27.2 Å². The number of aromatic nitrogens is 2. The van der Waals surface area contributed by atoms with Gasteiger partial charge in [0.15, 0.2) is 0 Å². The normalized spacial score (nSPS) is 19.8. The van der Waals surface area contributed by atoms with Crippen LogP contribution in [0.4, 0.5) is 9.18 Å². The van der Waals surface area contributed by atoms with Crippen LogP contribution in [0.5, 0.6) is 0 Å². The van der Waals surface area contributed by atoms with Gasteiger partial charge in [0.1, 0.15) is 17.2 Å². The summed E-state index contributed by atoms with van der Waals surface area (Å²) in [6.07, 6.45) is 3.18. The highest BCUT2D eigenvalue weighted by atomic mass is 19.1. The van der Waals surface area contributed by atoms with Crippen LogP contribution in [0.3, 0.4) is 0 Å². The largest absolute Gasteiger partial charge is 0.508 e. The Morgan fingerprint density at radius 1 is 1.26 bits per heavy atom. The fourth-order valence-corrected chi connectivity index (χ4v) is 5.63. The second-order valence-corrected chi connectivity index (χ2v) is 10.0. The molecule has 3 aromatic rings. The third-order valence-corrected chi connectivity index (χ3v) is 7.25.